The van der Waals surface area contributed by atoms with E-state index in [4.69, 9.17) is 0 Å². The highest BCUT2D eigenvalue weighted by Crippen LogP contribution is 2.35. The number of thioether (sulfide) groups is 1. The first-order chi connectivity index (χ1) is 15.8. The Hall–Kier alpha value is -3.12. The molecule has 0 saturated carbocycles. The fourth-order valence-corrected chi connectivity index (χ4v) is 5.03. The van der Waals surface area contributed by atoms with Crippen molar-refractivity contribution in [3.05, 3.63) is 87.8 Å². The van der Waals surface area contributed by atoms with Gasteiger partial charge in [0.2, 0.25) is 0 Å². The molecule has 170 valence electrons. The SMILES string of the molecule is CCN1C(=O)/C(=C\c2cc(C)n(-c3ccc(C(C)C)cc3)c2C)SC1=Nc1ccc(F)cc1. The number of hydrogen-bond donors (Lipinski definition) is 0. The van der Waals surface area contributed by atoms with Gasteiger partial charge < -0.3 is 4.57 Å². The van der Waals surface area contributed by atoms with Crippen molar-refractivity contribution in [1.29, 1.82) is 0 Å². The minimum absolute atomic E-state index is 0.0607. The first kappa shape index (κ1) is 23.1. The van der Waals surface area contributed by atoms with Gasteiger partial charge in [0.15, 0.2) is 5.17 Å². The van der Waals surface area contributed by atoms with E-state index in [0.29, 0.717) is 28.2 Å². The molecule has 0 radical (unpaired) electrons. The third-order valence-corrected chi connectivity index (χ3v) is 6.84. The second kappa shape index (κ2) is 9.40. The van der Waals surface area contributed by atoms with Crippen molar-refractivity contribution < 1.29 is 9.18 Å². The van der Waals surface area contributed by atoms with E-state index in [1.54, 1.807) is 17.0 Å². The molecule has 1 saturated heterocycles. The van der Waals surface area contributed by atoms with Gasteiger partial charge in [-0.25, -0.2) is 9.38 Å². The topological polar surface area (TPSA) is 37.6 Å². The number of amides is 1. The molecule has 33 heavy (non-hydrogen) atoms. The molecule has 0 N–H and O–H groups in total. The van der Waals surface area contributed by atoms with Crippen molar-refractivity contribution in [2.75, 3.05) is 6.54 Å². The second-order valence-corrected chi connectivity index (χ2v) is 9.45. The lowest BCUT2D eigenvalue weighted by Gasteiger charge is -2.12. The summed E-state index contributed by atoms with van der Waals surface area (Å²) in [4.78, 5) is 19.9. The van der Waals surface area contributed by atoms with Crippen LogP contribution >= 0.6 is 11.8 Å². The molecule has 3 aromatic rings. The molecule has 0 aliphatic carbocycles. The fourth-order valence-electron chi connectivity index (χ4n) is 3.98. The van der Waals surface area contributed by atoms with Gasteiger partial charge in [-0.1, -0.05) is 26.0 Å². The third kappa shape index (κ3) is 4.67. The van der Waals surface area contributed by atoms with Crippen LogP contribution < -0.4 is 0 Å². The van der Waals surface area contributed by atoms with Crippen molar-refractivity contribution in [3.8, 4) is 5.69 Å². The molecule has 0 bridgehead atoms. The average molecular weight is 462 g/mol. The van der Waals surface area contributed by atoms with E-state index < -0.39 is 0 Å². The molecule has 4 nitrogen and oxygen atoms in total. The van der Waals surface area contributed by atoms with Crippen LogP contribution in [0, 0.1) is 19.7 Å². The number of nitrogens with zero attached hydrogens (tertiary/aromatic N) is 3. The molecule has 0 unspecified atom stereocenters. The maximum absolute atomic E-state index is 13.2. The number of aliphatic imine (C=N–C) groups is 1. The molecule has 2 aromatic carbocycles. The Morgan fingerprint density at radius 1 is 1.06 bits per heavy atom. The summed E-state index contributed by atoms with van der Waals surface area (Å²) in [7, 11) is 0. The van der Waals surface area contributed by atoms with E-state index in [9.17, 15) is 9.18 Å². The summed E-state index contributed by atoms with van der Waals surface area (Å²) in [6, 6.07) is 16.7. The lowest BCUT2D eigenvalue weighted by molar-refractivity contribution is -0.122. The number of rotatable bonds is 5. The van der Waals surface area contributed by atoms with Crippen LogP contribution in [-0.2, 0) is 4.79 Å². The zero-order valence-corrected chi connectivity index (χ0v) is 20.4. The Balaban J connectivity index is 1.67. The Morgan fingerprint density at radius 3 is 2.33 bits per heavy atom. The molecule has 1 aliphatic rings. The number of hydrogen-bond acceptors (Lipinski definition) is 3. The predicted molar refractivity (Wildman–Crippen MR) is 136 cm³/mol. The molecule has 1 fully saturated rings. The Bertz CT molecular complexity index is 1240. The second-order valence-electron chi connectivity index (χ2n) is 8.44. The molecular weight excluding hydrogens is 433 g/mol. The van der Waals surface area contributed by atoms with E-state index in [1.165, 1.54) is 29.5 Å². The van der Waals surface area contributed by atoms with E-state index in [0.717, 1.165) is 22.6 Å². The predicted octanol–water partition coefficient (Wildman–Crippen LogP) is 6.98. The largest absolute Gasteiger partial charge is 0.318 e. The Labute approximate surface area is 198 Å². The van der Waals surface area contributed by atoms with Crippen molar-refractivity contribution in [1.82, 2.24) is 9.47 Å². The molecule has 6 heteroatoms. The fraction of sp³-hybridized carbons (Fsp3) is 0.259. The van der Waals surface area contributed by atoms with Gasteiger partial charge >= 0.3 is 0 Å². The molecule has 1 aromatic heterocycles. The summed E-state index contributed by atoms with van der Waals surface area (Å²) in [5, 5.41) is 0.610. The van der Waals surface area contributed by atoms with Crippen LogP contribution in [0.15, 0.2) is 64.5 Å². The number of amidine groups is 1. The van der Waals surface area contributed by atoms with Crippen molar-refractivity contribution in [2.45, 2.75) is 40.5 Å². The number of halogens is 1. The Morgan fingerprint density at radius 2 is 1.73 bits per heavy atom. The number of aryl methyl sites for hydroxylation is 1. The van der Waals surface area contributed by atoms with Crippen LogP contribution in [0.4, 0.5) is 10.1 Å². The average Bonchev–Trinajstić information content (AvgIpc) is 3.24. The number of likely N-dealkylation sites (N-methyl/N-ethyl adjacent to an activating group) is 1. The smallest absolute Gasteiger partial charge is 0.266 e. The van der Waals surface area contributed by atoms with Gasteiger partial charge in [0.25, 0.3) is 5.91 Å². The van der Waals surface area contributed by atoms with E-state index >= 15 is 0 Å². The first-order valence-corrected chi connectivity index (χ1v) is 11.9. The molecule has 0 atom stereocenters. The summed E-state index contributed by atoms with van der Waals surface area (Å²) >= 11 is 1.35. The maximum atomic E-state index is 13.2. The molecule has 4 rings (SSSR count). The highest BCUT2D eigenvalue weighted by Gasteiger charge is 2.32. The van der Waals surface area contributed by atoms with Crippen molar-refractivity contribution in [2.24, 2.45) is 4.99 Å². The molecule has 0 spiro atoms. The summed E-state index contributed by atoms with van der Waals surface area (Å²) in [5.74, 6) is 0.120. The zero-order valence-electron chi connectivity index (χ0n) is 19.6. The summed E-state index contributed by atoms with van der Waals surface area (Å²) in [5.41, 5.74) is 6.24. The number of aromatic nitrogens is 1. The monoisotopic (exact) mass is 461 g/mol. The molecule has 1 amide bonds. The van der Waals surface area contributed by atoms with Crippen LogP contribution in [-0.4, -0.2) is 27.1 Å². The summed E-state index contributed by atoms with van der Waals surface area (Å²) in [6.45, 7) is 11.0. The minimum Gasteiger partial charge on any atom is -0.318 e. The highest BCUT2D eigenvalue weighted by molar-refractivity contribution is 8.18. The highest BCUT2D eigenvalue weighted by atomic mass is 32.2. The zero-order chi connectivity index (χ0) is 23.7. The third-order valence-electron chi connectivity index (χ3n) is 5.83. The maximum Gasteiger partial charge on any atom is 0.266 e. The van der Waals surface area contributed by atoms with Gasteiger partial charge in [-0.3, -0.25) is 9.69 Å². The van der Waals surface area contributed by atoms with Crippen LogP contribution in [0.3, 0.4) is 0 Å². The van der Waals surface area contributed by atoms with Gasteiger partial charge in [0, 0.05) is 23.6 Å². The van der Waals surface area contributed by atoms with Gasteiger partial charge in [-0.2, -0.15) is 0 Å². The van der Waals surface area contributed by atoms with Crippen LogP contribution in [0.2, 0.25) is 0 Å². The van der Waals surface area contributed by atoms with Gasteiger partial charge in [-0.15, -0.1) is 0 Å². The van der Waals surface area contributed by atoms with E-state index in [-0.39, 0.29) is 11.7 Å². The van der Waals surface area contributed by atoms with E-state index in [1.807, 2.05) is 13.0 Å². The van der Waals surface area contributed by atoms with Crippen LogP contribution in [0.25, 0.3) is 11.8 Å². The number of carbonyl (C=O) groups excluding carboxylic acids is 1. The van der Waals surface area contributed by atoms with Crippen molar-refractivity contribution in [3.63, 3.8) is 0 Å². The molecule has 1 aliphatic heterocycles. The molecular formula is C27H28FN3OS. The number of benzene rings is 2. The van der Waals surface area contributed by atoms with E-state index in [2.05, 4.69) is 67.6 Å². The normalized spacial score (nSPS) is 16.6. The molecule has 2 heterocycles. The van der Waals surface area contributed by atoms with Gasteiger partial charge in [0.05, 0.1) is 10.6 Å². The lowest BCUT2D eigenvalue weighted by atomic mass is 10.0. The standard InChI is InChI=1S/C27H28FN3OS/c1-6-30-26(32)25(33-27(30)29-23-11-9-22(28)10-12-23)16-21-15-18(4)31(19(21)5)24-13-7-20(8-14-24)17(2)3/h7-17H,6H2,1-5H3/b25-16+,29-27?. The van der Waals surface area contributed by atoms with Gasteiger partial charge in [-0.05, 0) is 98.1 Å². The van der Waals surface area contributed by atoms with Crippen LogP contribution in [0.5, 0.6) is 0 Å². The minimum atomic E-state index is -0.309. The summed E-state index contributed by atoms with van der Waals surface area (Å²) < 4.78 is 15.4. The summed E-state index contributed by atoms with van der Waals surface area (Å²) in [6.07, 6.45) is 1.95. The van der Waals surface area contributed by atoms with Gasteiger partial charge in [0.1, 0.15) is 5.82 Å². The Kier molecular flexibility index (Phi) is 6.56. The first-order valence-electron chi connectivity index (χ1n) is 11.1. The number of carbonyl (C=O) groups is 1. The lowest BCUT2D eigenvalue weighted by Crippen LogP contribution is -2.28. The quantitative estimate of drug-likeness (QED) is 0.384. The van der Waals surface area contributed by atoms with Crippen LogP contribution in [0.1, 0.15) is 49.2 Å². The van der Waals surface area contributed by atoms with Crippen molar-refractivity contribution >= 4 is 34.6 Å².